The average molecular weight is 433 g/mol. The molecule has 0 spiro atoms. The van der Waals surface area contributed by atoms with Crippen molar-refractivity contribution in [1.29, 1.82) is 0 Å². The molecule has 0 bridgehead atoms. The van der Waals surface area contributed by atoms with Gasteiger partial charge in [-0.15, -0.1) is 0 Å². The predicted molar refractivity (Wildman–Crippen MR) is 147 cm³/mol. The molecule has 1 nitrogen and oxygen atoms in total. The SMILES string of the molecule is C/C=C\C1=C(N)c2c(cc(-c3ccccc3)cc2C(C)(C)CC)B1c1c(C)cc(C)cc1C. The molecule has 0 atom stereocenters. The lowest BCUT2D eigenvalue weighted by Gasteiger charge is -2.28. The van der Waals surface area contributed by atoms with Crippen LogP contribution in [0, 0.1) is 20.8 Å². The van der Waals surface area contributed by atoms with Crippen LogP contribution >= 0.6 is 0 Å². The molecule has 33 heavy (non-hydrogen) atoms. The van der Waals surface area contributed by atoms with E-state index in [0.29, 0.717) is 0 Å². The highest BCUT2D eigenvalue weighted by Gasteiger charge is 2.39. The fourth-order valence-corrected chi connectivity index (χ4v) is 5.50. The minimum atomic E-state index is 0.0206. The van der Waals surface area contributed by atoms with Crippen molar-refractivity contribution in [2.45, 2.75) is 60.3 Å². The number of allylic oxidation sites excluding steroid dienone is 3. The van der Waals surface area contributed by atoms with Crippen molar-refractivity contribution >= 4 is 23.3 Å². The number of aryl methyl sites for hydroxylation is 3. The van der Waals surface area contributed by atoms with Crippen molar-refractivity contribution in [3.8, 4) is 11.1 Å². The van der Waals surface area contributed by atoms with E-state index in [4.69, 9.17) is 5.73 Å². The first-order valence-corrected chi connectivity index (χ1v) is 12.1. The second kappa shape index (κ2) is 8.74. The molecule has 2 N–H and O–H groups in total. The highest BCUT2D eigenvalue weighted by atomic mass is 14.6. The third kappa shape index (κ3) is 3.97. The van der Waals surface area contributed by atoms with E-state index < -0.39 is 0 Å². The van der Waals surface area contributed by atoms with Gasteiger partial charge in [-0.2, -0.15) is 0 Å². The van der Waals surface area contributed by atoms with Crippen molar-refractivity contribution < 1.29 is 0 Å². The minimum Gasteiger partial charge on any atom is -0.399 e. The molecular formula is C31H36BN. The average Bonchev–Trinajstić information content (AvgIpc) is 3.05. The number of fused-ring (bicyclic) bond motifs is 1. The fourth-order valence-electron chi connectivity index (χ4n) is 5.50. The third-order valence-corrected chi connectivity index (χ3v) is 7.46. The van der Waals surface area contributed by atoms with Crippen LogP contribution in [0.3, 0.4) is 0 Å². The molecule has 4 rings (SSSR count). The van der Waals surface area contributed by atoms with Crippen LogP contribution in [-0.4, -0.2) is 6.71 Å². The maximum Gasteiger partial charge on any atom is 0.245 e. The Balaban J connectivity index is 2.10. The monoisotopic (exact) mass is 433 g/mol. The lowest BCUT2D eigenvalue weighted by Crippen LogP contribution is -2.45. The molecule has 2 heteroatoms. The molecule has 0 amide bonds. The van der Waals surface area contributed by atoms with Crippen LogP contribution in [-0.2, 0) is 5.41 Å². The van der Waals surface area contributed by atoms with Gasteiger partial charge in [-0.05, 0) is 73.3 Å². The van der Waals surface area contributed by atoms with Gasteiger partial charge in [-0.3, -0.25) is 0 Å². The van der Waals surface area contributed by atoms with E-state index in [9.17, 15) is 0 Å². The zero-order chi connectivity index (χ0) is 23.9. The van der Waals surface area contributed by atoms with Gasteiger partial charge in [0.25, 0.3) is 0 Å². The van der Waals surface area contributed by atoms with Crippen molar-refractivity contribution in [2.24, 2.45) is 5.73 Å². The molecule has 0 fully saturated rings. The summed E-state index contributed by atoms with van der Waals surface area (Å²) in [7, 11) is 0. The van der Waals surface area contributed by atoms with E-state index in [1.807, 2.05) is 0 Å². The van der Waals surface area contributed by atoms with Crippen molar-refractivity contribution in [1.82, 2.24) is 0 Å². The molecule has 0 aromatic heterocycles. The van der Waals surface area contributed by atoms with Crippen LogP contribution in [0.2, 0.25) is 0 Å². The van der Waals surface area contributed by atoms with E-state index in [0.717, 1.165) is 12.1 Å². The second-order valence-electron chi connectivity index (χ2n) is 10.2. The van der Waals surface area contributed by atoms with Gasteiger partial charge in [0.1, 0.15) is 0 Å². The Morgan fingerprint density at radius 2 is 1.55 bits per heavy atom. The van der Waals surface area contributed by atoms with Crippen LogP contribution < -0.4 is 16.7 Å². The van der Waals surface area contributed by atoms with Gasteiger partial charge < -0.3 is 5.73 Å². The molecule has 0 unspecified atom stereocenters. The highest BCUT2D eigenvalue weighted by molar-refractivity contribution is 6.94. The third-order valence-electron chi connectivity index (χ3n) is 7.46. The predicted octanol–water partition coefficient (Wildman–Crippen LogP) is 6.37. The molecule has 0 aliphatic carbocycles. The van der Waals surface area contributed by atoms with Gasteiger partial charge in [0, 0.05) is 5.70 Å². The normalized spacial score (nSPS) is 13.8. The first-order chi connectivity index (χ1) is 15.7. The Morgan fingerprint density at radius 3 is 2.12 bits per heavy atom. The molecule has 1 heterocycles. The van der Waals surface area contributed by atoms with Gasteiger partial charge >= 0.3 is 0 Å². The summed E-state index contributed by atoms with van der Waals surface area (Å²) in [5, 5.41) is 0. The molecule has 3 aromatic rings. The molecule has 1 aliphatic rings. The lowest BCUT2D eigenvalue weighted by molar-refractivity contribution is 0.505. The largest absolute Gasteiger partial charge is 0.399 e. The molecule has 1 aliphatic heterocycles. The number of hydrogen-bond acceptors (Lipinski definition) is 1. The first-order valence-electron chi connectivity index (χ1n) is 12.1. The van der Waals surface area contributed by atoms with Gasteiger partial charge in [0.2, 0.25) is 6.71 Å². The van der Waals surface area contributed by atoms with E-state index in [2.05, 4.69) is 115 Å². The number of rotatable bonds is 5. The Morgan fingerprint density at radius 1 is 0.909 bits per heavy atom. The van der Waals surface area contributed by atoms with Gasteiger partial charge in [0.15, 0.2) is 0 Å². The summed E-state index contributed by atoms with van der Waals surface area (Å²) < 4.78 is 0. The van der Waals surface area contributed by atoms with Gasteiger partial charge in [-0.25, -0.2) is 0 Å². The van der Waals surface area contributed by atoms with Crippen LogP contribution in [0.15, 0.2) is 72.2 Å². The topological polar surface area (TPSA) is 26.0 Å². The Kier molecular flexibility index (Phi) is 6.14. The molecule has 168 valence electrons. The van der Waals surface area contributed by atoms with Crippen LogP contribution in [0.25, 0.3) is 16.8 Å². The van der Waals surface area contributed by atoms with Crippen molar-refractivity contribution in [2.75, 3.05) is 0 Å². The Labute approximate surface area is 200 Å². The van der Waals surface area contributed by atoms with Crippen molar-refractivity contribution in [3.63, 3.8) is 0 Å². The zero-order valence-electron chi connectivity index (χ0n) is 21.2. The van der Waals surface area contributed by atoms with Crippen LogP contribution in [0.1, 0.15) is 61.9 Å². The standard InChI is InChI=1S/C31H36BN/c1-8-13-26-30(33)28-25(31(6,7)9-2)18-24(23-14-11-10-12-15-23)19-27(28)32(26)29-21(4)16-20(3)17-22(29)5/h8,10-19H,9,33H2,1-7H3/b13-8-. The summed E-state index contributed by atoms with van der Waals surface area (Å²) in [6, 6.07) is 20.1. The van der Waals surface area contributed by atoms with Gasteiger partial charge in [0.05, 0.1) is 0 Å². The first kappa shape index (κ1) is 23.2. The van der Waals surface area contributed by atoms with E-state index in [-0.39, 0.29) is 12.1 Å². The smallest absolute Gasteiger partial charge is 0.245 e. The Hall–Kier alpha value is -3.00. The van der Waals surface area contributed by atoms with Crippen molar-refractivity contribution in [3.05, 3.63) is 100 Å². The summed E-state index contributed by atoms with van der Waals surface area (Å²) in [6.07, 6.45) is 5.41. The summed E-state index contributed by atoms with van der Waals surface area (Å²) >= 11 is 0. The summed E-state index contributed by atoms with van der Waals surface area (Å²) in [5.74, 6) is 0. The molecule has 3 aromatic carbocycles. The van der Waals surface area contributed by atoms with E-state index in [1.54, 1.807) is 0 Å². The highest BCUT2D eigenvalue weighted by Crippen LogP contribution is 2.38. The number of nitrogens with two attached hydrogens (primary N) is 1. The van der Waals surface area contributed by atoms with Crippen LogP contribution in [0.5, 0.6) is 0 Å². The number of hydrogen-bond donors (Lipinski definition) is 1. The van der Waals surface area contributed by atoms with E-state index in [1.165, 1.54) is 55.3 Å². The maximum absolute atomic E-state index is 7.00. The summed E-state index contributed by atoms with van der Waals surface area (Å²) in [6.45, 7) is 15.9. The zero-order valence-corrected chi connectivity index (χ0v) is 21.2. The van der Waals surface area contributed by atoms with Gasteiger partial charge in [-0.1, -0.05) is 109 Å². The quantitative estimate of drug-likeness (QED) is 0.465. The molecule has 0 saturated heterocycles. The molecular weight excluding hydrogens is 397 g/mol. The Bertz CT molecular complexity index is 1240. The van der Waals surface area contributed by atoms with Crippen LogP contribution in [0.4, 0.5) is 0 Å². The summed E-state index contributed by atoms with van der Waals surface area (Å²) in [5.41, 5.74) is 21.0. The number of benzene rings is 3. The summed E-state index contributed by atoms with van der Waals surface area (Å²) in [4.78, 5) is 0. The van der Waals surface area contributed by atoms with E-state index >= 15 is 0 Å². The minimum absolute atomic E-state index is 0.0206. The lowest BCUT2D eigenvalue weighted by atomic mass is 9.36. The second-order valence-corrected chi connectivity index (χ2v) is 10.2. The molecule has 0 radical (unpaired) electrons. The fraction of sp³-hybridized carbons (Fsp3) is 0.290. The maximum atomic E-state index is 7.00. The molecule has 0 saturated carbocycles.